The first kappa shape index (κ1) is 8.55. The van der Waals surface area contributed by atoms with Gasteiger partial charge >= 0.3 is 0 Å². The van der Waals surface area contributed by atoms with E-state index in [4.69, 9.17) is 10.00 Å². The van der Waals surface area contributed by atoms with Gasteiger partial charge in [0, 0.05) is 6.42 Å². The Hall–Kier alpha value is -0.550. The second-order valence-corrected chi connectivity index (χ2v) is 3.74. The molecule has 0 bridgehead atoms. The molecule has 0 N–H and O–H groups in total. The lowest BCUT2D eigenvalue weighted by molar-refractivity contribution is -0.0176. The normalized spacial score (nSPS) is 28.3. The molecule has 2 nitrogen and oxygen atoms in total. The van der Waals surface area contributed by atoms with Crippen LogP contribution < -0.4 is 0 Å². The zero-order valence-corrected chi connectivity index (χ0v) is 7.26. The molecule has 0 aromatic carbocycles. The van der Waals surface area contributed by atoms with E-state index >= 15 is 0 Å². The van der Waals surface area contributed by atoms with Crippen molar-refractivity contribution in [1.82, 2.24) is 0 Å². The van der Waals surface area contributed by atoms with E-state index in [1.54, 1.807) is 0 Å². The molecule has 0 aliphatic carbocycles. The van der Waals surface area contributed by atoms with Gasteiger partial charge in [-0.2, -0.15) is 5.26 Å². The van der Waals surface area contributed by atoms with E-state index in [2.05, 4.69) is 19.9 Å². The van der Waals surface area contributed by atoms with Crippen LogP contribution in [0.15, 0.2) is 0 Å². The second kappa shape index (κ2) is 3.23. The number of ether oxygens (including phenoxy) is 1. The quantitative estimate of drug-likeness (QED) is 0.609. The summed E-state index contributed by atoms with van der Waals surface area (Å²) in [5.74, 6) is 0. The van der Waals surface area contributed by atoms with E-state index < -0.39 is 0 Å². The number of hydrogen-bond donors (Lipinski definition) is 0. The predicted molar refractivity (Wildman–Crippen MR) is 43.0 cm³/mol. The van der Waals surface area contributed by atoms with Crippen molar-refractivity contribution in [2.45, 2.75) is 51.2 Å². The van der Waals surface area contributed by atoms with Crippen molar-refractivity contribution in [3.63, 3.8) is 0 Å². The Morgan fingerprint density at radius 2 is 2.36 bits per heavy atom. The summed E-state index contributed by atoms with van der Waals surface area (Å²) in [4.78, 5) is 0. The van der Waals surface area contributed by atoms with Gasteiger partial charge in [0.15, 0.2) is 0 Å². The minimum atomic E-state index is 0.0557. The van der Waals surface area contributed by atoms with Crippen LogP contribution in [0.25, 0.3) is 0 Å². The lowest BCUT2D eigenvalue weighted by Crippen LogP contribution is -2.19. The first-order valence-electron chi connectivity index (χ1n) is 4.19. The maximum Gasteiger partial charge on any atom is 0.0631 e. The van der Waals surface area contributed by atoms with Gasteiger partial charge in [-0.25, -0.2) is 0 Å². The molecule has 1 fully saturated rings. The summed E-state index contributed by atoms with van der Waals surface area (Å²) >= 11 is 0. The molecular weight excluding hydrogens is 138 g/mol. The molecule has 62 valence electrons. The summed E-state index contributed by atoms with van der Waals surface area (Å²) in [7, 11) is 0. The van der Waals surface area contributed by atoms with Crippen molar-refractivity contribution in [2.75, 3.05) is 0 Å². The van der Waals surface area contributed by atoms with Crippen LogP contribution in [0, 0.1) is 11.3 Å². The molecule has 0 radical (unpaired) electrons. The van der Waals surface area contributed by atoms with Crippen LogP contribution in [-0.4, -0.2) is 11.7 Å². The molecule has 0 aromatic heterocycles. The second-order valence-electron chi connectivity index (χ2n) is 3.74. The molecule has 1 aliphatic rings. The van der Waals surface area contributed by atoms with E-state index in [0.717, 1.165) is 19.3 Å². The fourth-order valence-electron chi connectivity index (χ4n) is 1.51. The van der Waals surface area contributed by atoms with Crippen molar-refractivity contribution in [3.05, 3.63) is 0 Å². The van der Waals surface area contributed by atoms with Crippen LogP contribution >= 0.6 is 0 Å². The topological polar surface area (TPSA) is 33.0 Å². The Morgan fingerprint density at radius 3 is 2.82 bits per heavy atom. The molecule has 2 heteroatoms. The third-order valence-electron chi connectivity index (χ3n) is 2.13. The van der Waals surface area contributed by atoms with Crippen molar-refractivity contribution >= 4 is 0 Å². The molecule has 0 aromatic rings. The molecule has 1 aliphatic heterocycles. The number of hydrogen-bond acceptors (Lipinski definition) is 2. The highest BCUT2D eigenvalue weighted by atomic mass is 16.5. The van der Waals surface area contributed by atoms with Crippen LogP contribution in [-0.2, 0) is 4.74 Å². The summed E-state index contributed by atoms with van der Waals surface area (Å²) in [5.41, 5.74) is 0.0557. The van der Waals surface area contributed by atoms with Crippen molar-refractivity contribution in [2.24, 2.45) is 0 Å². The van der Waals surface area contributed by atoms with Gasteiger partial charge in [-0.05, 0) is 33.1 Å². The highest BCUT2D eigenvalue weighted by Crippen LogP contribution is 2.31. The minimum Gasteiger partial charge on any atom is -0.372 e. The Morgan fingerprint density at radius 1 is 1.64 bits per heavy atom. The number of rotatable bonds is 2. The van der Waals surface area contributed by atoms with Crippen LogP contribution in [0.4, 0.5) is 0 Å². The van der Waals surface area contributed by atoms with Gasteiger partial charge in [0.25, 0.3) is 0 Å². The Labute approximate surface area is 68.2 Å². The lowest BCUT2D eigenvalue weighted by atomic mass is 10.0. The zero-order chi connectivity index (χ0) is 8.32. The summed E-state index contributed by atoms with van der Waals surface area (Å²) in [6.07, 6.45) is 4.11. The molecule has 1 unspecified atom stereocenters. The van der Waals surface area contributed by atoms with Crippen molar-refractivity contribution in [3.8, 4) is 6.07 Å². The molecular formula is C9H15NO. The third kappa shape index (κ3) is 2.51. The SMILES string of the molecule is CC1(C)CCC(CCC#N)O1. The van der Waals surface area contributed by atoms with Gasteiger partial charge in [-0.3, -0.25) is 0 Å². The van der Waals surface area contributed by atoms with E-state index in [-0.39, 0.29) is 5.60 Å². The molecule has 11 heavy (non-hydrogen) atoms. The van der Waals surface area contributed by atoms with Gasteiger partial charge in [0.05, 0.1) is 17.8 Å². The highest BCUT2D eigenvalue weighted by molar-refractivity contribution is 4.83. The van der Waals surface area contributed by atoms with Crippen molar-refractivity contribution < 1.29 is 4.74 Å². The number of nitriles is 1. The molecule has 0 saturated carbocycles. The zero-order valence-electron chi connectivity index (χ0n) is 7.26. The van der Waals surface area contributed by atoms with Gasteiger partial charge in [-0.15, -0.1) is 0 Å². The van der Waals surface area contributed by atoms with E-state index in [9.17, 15) is 0 Å². The first-order chi connectivity index (χ1) is 5.14. The smallest absolute Gasteiger partial charge is 0.0631 e. The Kier molecular flexibility index (Phi) is 2.51. The van der Waals surface area contributed by atoms with Gasteiger partial charge in [0.1, 0.15) is 0 Å². The maximum absolute atomic E-state index is 8.35. The van der Waals surface area contributed by atoms with Gasteiger partial charge in [0.2, 0.25) is 0 Å². The van der Waals surface area contributed by atoms with E-state index in [1.807, 2.05) is 0 Å². The summed E-state index contributed by atoms with van der Waals surface area (Å²) in [6, 6.07) is 2.14. The predicted octanol–water partition coefficient (Wildman–Crippen LogP) is 2.25. The average Bonchev–Trinajstić information content (AvgIpc) is 2.26. The summed E-state index contributed by atoms with van der Waals surface area (Å²) in [5, 5.41) is 8.35. The Bertz CT molecular complexity index is 169. The molecule has 1 saturated heterocycles. The molecule has 1 heterocycles. The van der Waals surface area contributed by atoms with Crippen molar-refractivity contribution in [1.29, 1.82) is 5.26 Å². The van der Waals surface area contributed by atoms with Crippen LogP contribution in [0.5, 0.6) is 0 Å². The summed E-state index contributed by atoms with van der Waals surface area (Å²) in [6.45, 7) is 4.22. The summed E-state index contributed by atoms with van der Waals surface area (Å²) < 4.78 is 5.70. The van der Waals surface area contributed by atoms with Crippen LogP contribution in [0.1, 0.15) is 39.5 Å². The third-order valence-corrected chi connectivity index (χ3v) is 2.13. The van der Waals surface area contributed by atoms with Gasteiger partial charge < -0.3 is 4.74 Å². The molecule has 1 atom stereocenters. The van der Waals surface area contributed by atoms with E-state index in [1.165, 1.54) is 0 Å². The van der Waals surface area contributed by atoms with Gasteiger partial charge in [-0.1, -0.05) is 0 Å². The fraction of sp³-hybridized carbons (Fsp3) is 0.889. The monoisotopic (exact) mass is 153 g/mol. The highest BCUT2D eigenvalue weighted by Gasteiger charge is 2.30. The minimum absolute atomic E-state index is 0.0557. The molecule has 0 spiro atoms. The first-order valence-corrected chi connectivity index (χ1v) is 4.19. The largest absolute Gasteiger partial charge is 0.372 e. The Balaban J connectivity index is 2.26. The van der Waals surface area contributed by atoms with Crippen LogP contribution in [0.3, 0.4) is 0 Å². The van der Waals surface area contributed by atoms with Crippen LogP contribution in [0.2, 0.25) is 0 Å². The fourth-order valence-corrected chi connectivity index (χ4v) is 1.51. The maximum atomic E-state index is 8.35. The standard InChI is InChI=1S/C9H15NO/c1-9(2)6-5-8(11-9)4-3-7-10/h8H,3-6H2,1-2H3. The van der Waals surface area contributed by atoms with E-state index in [0.29, 0.717) is 12.5 Å². The lowest BCUT2D eigenvalue weighted by Gasteiger charge is -2.18. The number of nitrogens with zero attached hydrogens (tertiary/aromatic N) is 1. The molecule has 1 rings (SSSR count). The average molecular weight is 153 g/mol. The molecule has 0 amide bonds.